The molecule has 0 aliphatic carbocycles. The van der Waals surface area contributed by atoms with E-state index in [0.717, 1.165) is 25.7 Å². The lowest BCUT2D eigenvalue weighted by atomic mass is 10.0. The van der Waals surface area contributed by atoms with Crippen LogP contribution in [0.25, 0.3) is 21.5 Å². The van der Waals surface area contributed by atoms with E-state index in [4.69, 9.17) is 0 Å². The van der Waals surface area contributed by atoms with Crippen LogP contribution >= 0.6 is 0 Å². The number of carboxylic acid groups (broad SMARTS) is 2. The molecule has 0 spiro atoms. The Morgan fingerprint density at radius 1 is 0.525 bits per heavy atom. The van der Waals surface area contributed by atoms with Crippen molar-refractivity contribution < 1.29 is 39.6 Å². The van der Waals surface area contributed by atoms with E-state index in [2.05, 4.69) is 10.6 Å². The highest BCUT2D eigenvalue weighted by molar-refractivity contribution is 6.03. The Morgan fingerprint density at radius 3 is 1.30 bits per heavy atom. The molecular formula is C30H28N2O8. The molecule has 4 aromatic rings. The monoisotopic (exact) mass is 544 g/mol. The molecule has 10 nitrogen and oxygen atoms in total. The van der Waals surface area contributed by atoms with Crippen LogP contribution in [-0.2, 0) is 0 Å². The van der Waals surface area contributed by atoms with Gasteiger partial charge in [-0.25, -0.2) is 9.59 Å². The van der Waals surface area contributed by atoms with E-state index in [1.54, 1.807) is 36.4 Å². The summed E-state index contributed by atoms with van der Waals surface area (Å²) in [5, 5.41) is 46.0. The van der Waals surface area contributed by atoms with Gasteiger partial charge in [0.15, 0.2) is 0 Å². The van der Waals surface area contributed by atoms with Crippen molar-refractivity contribution in [2.75, 3.05) is 13.1 Å². The van der Waals surface area contributed by atoms with Gasteiger partial charge in [-0.2, -0.15) is 0 Å². The van der Waals surface area contributed by atoms with Gasteiger partial charge in [-0.05, 0) is 82.9 Å². The molecular weight excluding hydrogens is 516 g/mol. The quantitative estimate of drug-likeness (QED) is 0.150. The van der Waals surface area contributed by atoms with Crippen LogP contribution in [0.3, 0.4) is 0 Å². The zero-order valence-corrected chi connectivity index (χ0v) is 21.4. The normalized spacial score (nSPS) is 10.9. The fraction of sp³-hybridized carbons (Fsp3) is 0.200. The number of nitrogens with one attached hydrogen (secondary N) is 2. The van der Waals surface area contributed by atoms with Crippen LogP contribution in [0.4, 0.5) is 0 Å². The Bertz CT molecular complexity index is 1510. The van der Waals surface area contributed by atoms with Gasteiger partial charge in [0.05, 0.1) is 0 Å². The van der Waals surface area contributed by atoms with Crippen molar-refractivity contribution in [1.29, 1.82) is 0 Å². The van der Waals surface area contributed by atoms with Crippen LogP contribution in [0.1, 0.15) is 67.1 Å². The van der Waals surface area contributed by atoms with Gasteiger partial charge in [0.2, 0.25) is 0 Å². The number of amides is 2. The van der Waals surface area contributed by atoms with Gasteiger partial charge in [0.1, 0.15) is 22.6 Å². The lowest BCUT2D eigenvalue weighted by Gasteiger charge is -2.09. The molecule has 6 N–H and O–H groups in total. The molecule has 0 bridgehead atoms. The average molecular weight is 545 g/mol. The van der Waals surface area contributed by atoms with Crippen molar-refractivity contribution in [3.05, 3.63) is 82.9 Å². The molecule has 206 valence electrons. The summed E-state index contributed by atoms with van der Waals surface area (Å²) < 4.78 is 0. The number of benzene rings is 4. The molecule has 4 aromatic carbocycles. The second-order valence-corrected chi connectivity index (χ2v) is 9.40. The lowest BCUT2D eigenvalue weighted by molar-refractivity contribution is 0.0682. The molecule has 0 aliphatic heterocycles. The third-order valence-electron chi connectivity index (χ3n) is 6.57. The minimum Gasteiger partial charge on any atom is -0.507 e. The van der Waals surface area contributed by atoms with Crippen LogP contribution in [0.5, 0.6) is 11.5 Å². The second-order valence-electron chi connectivity index (χ2n) is 9.40. The third-order valence-corrected chi connectivity index (χ3v) is 6.57. The predicted molar refractivity (Wildman–Crippen MR) is 148 cm³/mol. The number of hydrogen-bond acceptors (Lipinski definition) is 6. The molecule has 0 heterocycles. The van der Waals surface area contributed by atoms with E-state index in [1.165, 1.54) is 24.3 Å². The smallest absolute Gasteiger partial charge is 0.339 e. The summed E-state index contributed by atoms with van der Waals surface area (Å²) in [5.41, 5.74) is 0.326. The van der Waals surface area contributed by atoms with Gasteiger partial charge in [0.25, 0.3) is 11.8 Å². The van der Waals surface area contributed by atoms with Crippen molar-refractivity contribution in [1.82, 2.24) is 10.6 Å². The van der Waals surface area contributed by atoms with Crippen LogP contribution in [0, 0.1) is 0 Å². The fourth-order valence-corrected chi connectivity index (χ4v) is 4.41. The third kappa shape index (κ3) is 6.47. The highest BCUT2D eigenvalue weighted by Gasteiger charge is 2.14. The summed E-state index contributed by atoms with van der Waals surface area (Å²) in [6.45, 7) is 0.925. The van der Waals surface area contributed by atoms with E-state index in [0.29, 0.717) is 45.8 Å². The summed E-state index contributed by atoms with van der Waals surface area (Å²) in [6.07, 6.45) is 3.17. The molecule has 0 aliphatic rings. The Kier molecular flexibility index (Phi) is 8.48. The van der Waals surface area contributed by atoms with Crippen molar-refractivity contribution in [2.45, 2.75) is 25.7 Å². The number of fused-ring (bicyclic) bond motifs is 2. The number of unbranched alkanes of at least 4 members (excludes halogenated alkanes) is 3. The van der Waals surface area contributed by atoms with Crippen molar-refractivity contribution in [2.24, 2.45) is 0 Å². The van der Waals surface area contributed by atoms with Crippen molar-refractivity contribution >= 4 is 45.3 Å². The maximum Gasteiger partial charge on any atom is 0.339 e. The zero-order valence-electron chi connectivity index (χ0n) is 21.4. The molecule has 0 saturated carbocycles. The highest BCUT2D eigenvalue weighted by Crippen LogP contribution is 2.27. The maximum atomic E-state index is 12.5. The van der Waals surface area contributed by atoms with Crippen molar-refractivity contribution in [3.63, 3.8) is 0 Å². The zero-order chi connectivity index (χ0) is 28.8. The molecule has 0 saturated heterocycles. The summed E-state index contributed by atoms with van der Waals surface area (Å²) in [6, 6.07) is 15.1. The number of aromatic carboxylic acids is 2. The van der Waals surface area contributed by atoms with Gasteiger partial charge >= 0.3 is 11.9 Å². The minimum absolute atomic E-state index is 0.228. The number of carboxylic acids is 2. The first kappa shape index (κ1) is 27.9. The average Bonchev–Trinajstić information content (AvgIpc) is 2.92. The van der Waals surface area contributed by atoms with Crippen LogP contribution in [0.15, 0.2) is 60.7 Å². The summed E-state index contributed by atoms with van der Waals surface area (Å²) in [5.74, 6) is -3.71. The SMILES string of the molecule is O=C(NCCCCCCNC(=O)c1ccc2cc(O)c(C(=O)O)cc2c1)c1ccc2cc(O)c(C(=O)O)cc2c1. The van der Waals surface area contributed by atoms with Gasteiger partial charge in [-0.15, -0.1) is 0 Å². The first-order valence-corrected chi connectivity index (χ1v) is 12.7. The Hall–Kier alpha value is -5.12. The topological polar surface area (TPSA) is 173 Å². The number of carbonyl (C=O) groups is 4. The predicted octanol–water partition coefficient (Wildman–Crippen LogP) is 4.52. The van der Waals surface area contributed by atoms with Gasteiger partial charge in [-0.1, -0.05) is 25.0 Å². The molecule has 40 heavy (non-hydrogen) atoms. The molecule has 0 fully saturated rings. The molecule has 2 amide bonds. The summed E-state index contributed by atoms with van der Waals surface area (Å²) in [7, 11) is 0. The minimum atomic E-state index is -1.25. The number of phenols is 2. The lowest BCUT2D eigenvalue weighted by Crippen LogP contribution is -2.25. The number of carbonyl (C=O) groups excluding carboxylic acids is 2. The van der Waals surface area contributed by atoms with E-state index in [-0.39, 0.29) is 34.4 Å². The number of aromatic hydroxyl groups is 2. The Morgan fingerprint density at radius 2 is 0.925 bits per heavy atom. The van der Waals surface area contributed by atoms with E-state index < -0.39 is 11.9 Å². The van der Waals surface area contributed by atoms with Crippen LogP contribution < -0.4 is 10.6 Å². The molecule has 0 atom stereocenters. The van der Waals surface area contributed by atoms with Gasteiger partial charge in [0, 0.05) is 24.2 Å². The van der Waals surface area contributed by atoms with Gasteiger partial charge in [-0.3, -0.25) is 9.59 Å². The molecule has 0 aromatic heterocycles. The maximum absolute atomic E-state index is 12.5. The fourth-order valence-electron chi connectivity index (χ4n) is 4.41. The molecule has 0 radical (unpaired) electrons. The second kappa shape index (κ2) is 12.2. The van der Waals surface area contributed by atoms with E-state index in [9.17, 15) is 39.6 Å². The van der Waals surface area contributed by atoms with Crippen LogP contribution in [0.2, 0.25) is 0 Å². The van der Waals surface area contributed by atoms with Crippen molar-refractivity contribution in [3.8, 4) is 11.5 Å². The van der Waals surface area contributed by atoms with E-state index >= 15 is 0 Å². The molecule has 4 rings (SSSR count). The van der Waals surface area contributed by atoms with Crippen LogP contribution in [-0.4, -0.2) is 57.3 Å². The number of hydrogen-bond donors (Lipinski definition) is 6. The first-order valence-electron chi connectivity index (χ1n) is 12.7. The largest absolute Gasteiger partial charge is 0.507 e. The highest BCUT2D eigenvalue weighted by atomic mass is 16.4. The number of rotatable bonds is 11. The van der Waals surface area contributed by atoms with Gasteiger partial charge < -0.3 is 31.1 Å². The Balaban J connectivity index is 1.18. The summed E-state index contributed by atoms with van der Waals surface area (Å²) in [4.78, 5) is 47.5. The van der Waals surface area contributed by atoms with E-state index in [1.807, 2.05) is 0 Å². The molecule has 10 heteroatoms. The summed E-state index contributed by atoms with van der Waals surface area (Å²) >= 11 is 0. The molecule has 0 unspecified atom stereocenters. The first-order chi connectivity index (χ1) is 19.1. The standard InChI is InChI=1S/C30H28N2O8/c33-25-15-17-5-7-19(11-21(17)13-23(25)29(37)38)27(35)31-9-3-1-2-4-10-32-28(36)20-8-6-18-16-26(34)24(30(39)40)14-22(18)12-20/h5-8,11-16,33-34H,1-4,9-10H2,(H,31,35)(H,32,36)(H,37,38)(H,39,40). The Labute approximate surface area is 228 Å².